The maximum Gasteiger partial charge on any atom is 0.246 e. The van der Waals surface area contributed by atoms with Gasteiger partial charge in [0.15, 0.2) is 19.7 Å². The summed E-state index contributed by atoms with van der Waals surface area (Å²) in [5.41, 5.74) is 2.12. The lowest BCUT2D eigenvalue weighted by atomic mass is 10.1. The fraction of sp³-hybridized carbons (Fsp3) is 0.333. The van der Waals surface area contributed by atoms with Crippen molar-refractivity contribution in [2.24, 2.45) is 7.05 Å². The monoisotopic (exact) mass is 469 g/mol. The number of carbonyl (C=O) groups is 1. The first kappa shape index (κ1) is 22.6. The highest BCUT2D eigenvalue weighted by molar-refractivity contribution is 7.99. The van der Waals surface area contributed by atoms with Gasteiger partial charge < -0.3 is 9.88 Å². The Hall–Kier alpha value is -2.58. The summed E-state index contributed by atoms with van der Waals surface area (Å²) in [6.45, 7) is 3.65. The zero-order valence-electron chi connectivity index (χ0n) is 18.5. The summed E-state index contributed by atoms with van der Waals surface area (Å²) in [7, 11) is -1.92. The van der Waals surface area contributed by atoms with Gasteiger partial charge in [0.05, 0.1) is 4.90 Å². The van der Waals surface area contributed by atoms with E-state index in [0.29, 0.717) is 24.1 Å². The highest BCUT2D eigenvalue weighted by Crippen LogP contribution is 2.42. The van der Waals surface area contributed by atoms with Crippen LogP contribution in [0.15, 0.2) is 69.8 Å². The summed E-state index contributed by atoms with van der Waals surface area (Å²) >= 11 is 1.52. The molecule has 0 radical (unpaired) electrons. The number of nitrogens with zero attached hydrogens (tertiary/aromatic N) is 2. The molecule has 3 aromatic rings. The highest BCUT2D eigenvalue weighted by Gasteiger charge is 2.53. The van der Waals surface area contributed by atoms with Crippen molar-refractivity contribution in [3.8, 4) is 0 Å². The predicted octanol–water partition coefficient (Wildman–Crippen LogP) is 4.91. The summed E-state index contributed by atoms with van der Waals surface area (Å²) in [5.74, 6) is -0.444. The van der Waals surface area contributed by atoms with E-state index in [0.717, 1.165) is 28.5 Å². The van der Waals surface area contributed by atoms with E-state index in [9.17, 15) is 13.2 Å². The second-order valence-corrected chi connectivity index (χ2v) is 11.6. The van der Waals surface area contributed by atoms with E-state index in [1.807, 2.05) is 42.9 Å². The molecule has 2 aromatic carbocycles. The van der Waals surface area contributed by atoms with Gasteiger partial charge in [-0.15, -0.1) is 0 Å². The van der Waals surface area contributed by atoms with E-state index in [1.54, 1.807) is 37.4 Å². The smallest absolute Gasteiger partial charge is 0.246 e. The maximum atomic E-state index is 13.8. The van der Waals surface area contributed by atoms with Crippen LogP contribution in [0, 0.1) is 13.8 Å². The molecule has 0 unspecified atom stereocenters. The third kappa shape index (κ3) is 4.09. The van der Waals surface area contributed by atoms with Crippen LogP contribution < -0.4 is 5.32 Å². The van der Waals surface area contributed by atoms with Gasteiger partial charge in [0.2, 0.25) is 5.91 Å². The largest absolute Gasteiger partial charge is 0.329 e. The molecule has 0 atom stereocenters. The summed E-state index contributed by atoms with van der Waals surface area (Å²) in [4.78, 5) is 19.0. The first-order valence-electron chi connectivity index (χ1n) is 10.6. The number of amides is 1. The van der Waals surface area contributed by atoms with Gasteiger partial charge in [-0.1, -0.05) is 36.7 Å². The van der Waals surface area contributed by atoms with Crippen molar-refractivity contribution in [1.82, 2.24) is 9.55 Å². The molecule has 0 saturated heterocycles. The summed E-state index contributed by atoms with van der Waals surface area (Å²) in [6.07, 6.45) is 5.74. The molecule has 1 aliphatic rings. The zero-order valence-corrected chi connectivity index (χ0v) is 20.1. The number of nitrogens with one attached hydrogen (secondary N) is 1. The summed E-state index contributed by atoms with van der Waals surface area (Å²) in [6, 6.07) is 12.8. The van der Waals surface area contributed by atoms with Gasteiger partial charge in [-0.25, -0.2) is 13.4 Å². The Morgan fingerprint density at radius 3 is 2.41 bits per heavy atom. The van der Waals surface area contributed by atoms with Crippen LogP contribution in [0.4, 0.5) is 5.69 Å². The number of aryl methyl sites for hydroxylation is 3. The molecule has 32 heavy (non-hydrogen) atoms. The van der Waals surface area contributed by atoms with Crippen LogP contribution in [0.3, 0.4) is 0 Å². The third-order valence-electron chi connectivity index (χ3n) is 6.07. The Balaban J connectivity index is 1.59. The van der Waals surface area contributed by atoms with Gasteiger partial charge in [-0.3, -0.25) is 4.79 Å². The predicted molar refractivity (Wildman–Crippen MR) is 127 cm³/mol. The lowest BCUT2D eigenvalue weighted by molar-refractivity contribution is -0.118. The molecule has 8 heteroatoms. The molecule has 0 spiro atoms. The highest BCUT2D eigenvalue weighted by atomic mass is 32.2. The molecule has 4 rings (SSSR count). The van der Waals surface area contributed by atoms with Crippen LogP contribution in [0.5, 0.6) is 0 Å². The van der Waals surface area contributed by atoms with Crippen molar-refractivity contribution in [1.29, 1.82) is 0 Å². The normalized spacial score (nSPS) is 15.6. The number of hydrogen-bond donors (Lipinski definition) is 1. The third-order valence-corrected chi connectivity index (χ3v) is 9.80. The van der Waals surface area contributed by atoms with Crippen molar-refractivity contribution in [3.05, 3.63) is 66.0 Å². The number of aromatic nitrogens is 2. The molecule has 168 valence electrons. The Morgan fingerprint density at radius 2 is 1.78 bits per heavy atom. The van der Waals surface area contributed by atoms with Crippen LogP contribution in [0.1, 0.15) is 36.8 Å². The van der Waals surface area contributed by atoms with Gasteiger partial charge in [-0.2, -0.15) is 0 Å². The first-order chi connectivity index (χ1) is 15.2. The molecule has 1 heterocycles. The van der Waals surface area contributed by atoms with Crippen molar-refractivity contribution >= 4 is 33.2 Å². The van der Waals surface area contributed by atoms with Crippen molar-refractivity contribution in [2.45, 2.75) is 59.2 Å². The topological polar surface area (TPSA) is 81.1 Å². The van der Waals surface area contributed by atoms with Gasteiger partial charge >= 0.3 is 0 Å². The number of sulfone groups is 1. The number of carbonyl (C=O) groups excluding carboxylic acids is 1. The van der Waals surface area contributed by atoms with E-state index in [2.05, 4.69) is 10.3 Å². The Kier molecular flexibility index (Phi) is 6.18. The molecule has 1 N–H and O–H groups in total. The molecule has 1 amide bonds. The van der Waals surface area contributed by atoms with Gasteiger partial charge in [0.1, 0.15) is 0 Å². The number of benzene rings is 2. The van der Waals surface area contributed by atoms with Gasteiger partial charge in [0, 0.05) is 30.0 Å². The van der Waals surface area contributed by atoms with Crippen LogP contribution in [-0.2, 0) is 21.7 Å². The van der Waals surface area contributed by atoms with Crippen LogP contribution in [-0.4, -0.2) is 28.6 Å². The number of rotatable bonds is 6. The molecule has 1 saturated carbocycles. The van der Waals surface area contributed by atoms with E-state index in [1.165, 1.54) is 11.8 Å². The molecular weight excluding hydrogens is 442 g/mol. The average Bonchev–Trinajstić information content (AvgIpc) is 3.42. The lowest BCUT2D eigenvalue weighted by Crippen LogP contribution is -2.47. The summed E-state index contributed by atoms with van der Waals surface area (Å²) < 4.78 is 28.0. The molecule has 0 bridgehead atoms. The number of imidazole rings is 1. The van der Waals surface area contributed by atoms with Crippen LogP contribution in [0.25, 0.3) is 0 Å². The molecule has 6 nitrogen and oxygen atoms in total. The number of hydrogen-bond acceptors (Lipinski definition) is 5. The minimum Gasteiger partial charge on any atom is -0.329 e. The molecule has 0 aliphatic heterocycles. The fourth-order valence-electron chi connectivity index (χ4n) is 4.18. The average molecular weight is 470 g/mol. The SMILES string of the molecule is Cc1ccc(C)c(S(=O)(=O)C2(C(=O)Nc3ccc(Sc4nccn4C)cc3)CCCC2)c1. The van der Waals surface area contributed by atoms with E-state index >= 15 is 0 Å². The second-order valence-electron chi connectivity index (χ2n) is 8.38. The standard InChI is InChI=1S/C24H27N3O3S2/c1-17-6-7-18(2)21(16-17)32(29,30)24(12-4-5-13-24)22(28)26-19-8-10-20(11-9-19)31-23-25-14-15-27(23)3/h6-11,14-16H,4-5,12-13H2,1-3H3,(H,26,28). The molecule has 1 aromatic heterocycles. The minimum atomic E-state index is -3.85. The fourth-order valence-corrected chi connectivity index (χ4v) is 7.35. The molecular formula is C24H27N3O3S2. The summed E-state index contributed by atoms with van der Waals surface area (Å²) in [5, 5.41) is 3.75. The van der Waals surface area contributed by atoms with Crippen molar-refractivity contribution < 1.29 is 13.2 Å². The van der Waals surface area contributed by atoms with Crippen molar-refractivity contribution in [2.75, 3.05) is 5.32 Å². The van der Waals surface area contributed by atoms with Gasteiger partial charge in [0.25, 0.3) is 0 Å². The number of anilines is 1. The minimum absolute atomic E-state index is 0.261. The quantitative estimate of drug-likeness (QED) is 0.555. The van der Waals surface area contributed by atoms with E-state index in [-0.39, 0.29) is 4.90 Å². The van der Waals surface area contributed by atoms with Crippen LogP contribution in [0.2, 0.25) is 0 Å². The van der Waals surface area contributed by atoms with E-state index in [4.69, 9.17) is 0 Å². The molecule has 1 fully saturated rings. The maximum absolute atomic E-state index is 13.8. The Labute approximate surface area is 193 Å². The lowest BCUT2D eigenvalue weighted by Gasteiger charge is -2.28. The Bertz CT molecular complexity index is 1240. The zero-order chi connectivity index (χ0) is 22.9. The molecule has 1 aliphatic carbocycles. The first-order valence-corrected chi connectivity index (χ1v) is 12.9. The van der Waals surface area contributed by atoms with Gasteiger partial charge in [-0.05, 0) is 68.1 Å². The van der Waals surface area contributed by atoms with E-state index < -0.39 is 20.5 Å². The van der Waals surface area contributed by atoms with Crippen LogP contribution >= 0.6 is 11.8 Å². The Morgan fingerprint density at radius 1 is 1.09 bits per heavy atom. The second kappa shape index (κ2) is 8.75. The van der Waals surface area contributed by atoms with Crippen molar-refractivity contribution in [3.63, 3.8) is 0 Å².